The number of hydrogen-bond acceptors (Lipinski definition) is 1. The first-order valence-corrected chi connectivity index (χ1v) is 6.61. The van der Waals surface area contributed by atoms with E-state index in [1.54, 1.807) is 0 Å². The Labute approximate surface area is 94.6 Å². The molecule has 0 bridgehead atoms. The lowest BCUT2D eigenvalue weighted by Crippen LogP contribution is -2.21. The molecule has 1 N–H and O–H groups in total. The highest BCUT2D eigenvalue weighted by Gasteiger charge is 2.28. The zero-order valence-corrected chi connectivity index (χ0v) is 10.2. The van der Waals surface area contributed by atoms with Gasteiger partial charge in [-0.2, -0.15) is 0 Å². The lowest BCUT2D eigenvalue weighted by molar-refractivity contribution is 0.229. The Morgan fingerprint density at radius 3 is 2.47 bits per heavy atom. The zero-order valence-electron chi connectivity index (χ0n) is 10.2. The lowest BCUT2D eigenvalue weighted by atomic mass is 9.70. The van der Waals surface area contributed by atoms with E-state index in [-0.39, 0.29) is 6.61 Å². The summed E-state index contributed by atoms with van der Waals surface area (Å²) in [5, 5.41) is 8.90. The maximum atomic E-state index is 8.90. The van der Waals surface area contributed by atoms with Crippen LogP contribution < -0.4 is 0 Å². The fourth-order valence-electron chi connectivity index (χ4n) is 2.79. The van der Waals surface area contributed by atoms with Gasteiger partial charge in [0.25, 0.3) is 0 Å². The van der Waals surface area contributed by atoms with E-state index >= 15 is 0 Å². The van der Waals surface area contributed by atoms with Crippen LogP contribution in [0.1, 0.15) is 64.7 Å². The summed E-state index contributed by atoms with van der Waals surface area (Å²) < 4.78 is 0. The van der Waals surface area contributed by atoms with Crippen LogP contribution in [0, 0.1) is 5.41 Å². The Morgan fingerprint density at radius 2 is 1.87 bits per heavy atom. The van der Waals surface area contributed by atoms with Crippen molar-refractivity contribution in [3.8, 4) is 0 Å². The van der Waals surface area contributed by atoms with Crippen molar-refractivity contribution in [2.24, 2.45) is 5.41 Å². The summed E-state index contributed by atoms with van der Waals surface area (Å²) in [6.07, 6.45) is 16.4. The average Bonchev–Trinajstić information content (AvgIpc) is 2.28. The first-order chi connectivity index (χ1) is 7.33. The third-order valence-electron chi connectivity index (χ3n) is 3.70. The van der Waals surface area contributed by atoms with Gasteiger partial charge in [-0.1, -0.05) is 57.6 Å². The summed E-state index contributed by atoms with van der Waals surface area (Å²) in [5.74, 6) is 0. The smallest absolute Gasteiger partial charge is 0.0612 e. The molecule has 0 heterocycles. The molecule has 0 amide bonds. The van der Waals surface area contributed by atoms with Crippen LogP contribution in [-0.4, -0.2) is 11.7 Å². The Morgan fingerprint density at radius 1 is 1.13 bits per heavy atom. The highest BCUT2D eigenvalue weighted by Crippen LogP contribution is 2.41. The maximum absolute atomic E-state index is 8.90. The molecule has 15 heavy (non-hydrogen) atoms. The second-order valence-electron chi connectivity index (χ2n) is 4.97. The van der Waals surface area contributed by atoms with Gasteiger partial charge >= 0.3 is 0 Å². The number of aliphatic hydroxyl groups excluding tert-OH is 1. The van der Waals surface area contributed by atoms with E-state index in [1.807, 2.05) is 6.08 Å². The van der Waals surface area contributed by atoms with Crippen molar-refractivity contribution in [1.29, 1.82) is 0 Å². The van der Waals surface area contributed by atoms with Crippen LogP contribution >= 0.6 is 0 Å². The molecule has 0 aromatic carbocycles. The number of unbranched alkanes of at least 4 members (excludes halogenated alkanes) is 2. The molecule has 1 aliphatic carbocycles. The summed E-state index contributed by atoms with van der Waals surface area (Å²) in [6, 6.07) is 0. The zero-order chi connectivity index (χ0) is 11.0. The molecule has 0 radical (unpaired) electrons. The fraction of sp³-hybridized carbons (Fsp3) is 0.857. The van der Waals surface area contributed by atoms with Crippen molar-refractivity contribution in [3.05, 3.63) is 12.2 Å². The Kier molecular flexibility index (Phi) is 6.00. The van der Waals surface area contributed by atoms with E-state index in [4.69, 9.17) is 5.11 Å². The van der Waals surface area contributed by atoms with E-state index in [0.717, 1.165) is 0 Å². The second kappa shape index (κ2) is 7.05. The molecule has 88 valence electrons. The van der Waals surface area contributed by atoms with Crippen molar-refractivity contribution in [3.63, 3.8) is 0 Å². The third kappa shape index (κ3) is 4.38. The van der Waals surface area contributed by atoms with Crippen LogP contribution in [-0.2, 0) is 0 Å². The van der Waals surface area contributed by atoms with E-state index in [2.05, 4.69) is 13.0 Å². The summed E-state index contributed by atoms with van der Waals surface area (Å²) in [7, 11) is 0. The van der Waals surface area contributed by atoms with Gasteiger partial charge in [0.2, 0.25) is 0 Å². The standard InChI is InChI=1S/C14H26O/c1-2-3-5-9-14(12-8-13-15)10-6-4-7-11-14/h8,12,15H,2-7,9-11,13H2,1H3/b12-8+. The number of rotatable bonds is 6. The van der Waals surface area contributed by atoms with Gasteiger partial charge in [-0.05, 0) is 24.7 Å². The van der Waals surface area contributed by atoms with Crippen molar-refractivity contribution in [2.75, 3.05) is 6.61 Å². The second-order valence-corrected chi connectivity index (χ2v) is 4.97. The highest BCUT2D eigenvalue weighted by atomic mass is 16.2. The van der Waals surface area contributed by atoms with E-state index in [9.17, 15) is 0 Å². The average molecular weight is 210 g/mol. The quantitative estimate of drug-likeness (QED) is 0.517. The van der Waals surface area contributed by atoms with Crippen molar-refractivity contribution >= 4 is 0 Å². The summed E-state index contributed by atoms with van der Waals surface area (Å²) >= 11 is 0. The Balaban J connectivity index is 2.46. The minimum absolute atomic E-state index is 0.204. The Hall–Kier alpha value is -0.300. The van der Waals surface area contributed by atoms with Crippen LogP contribution in [0.3, 0.4) is 0 Å². The largest absolute Gasteiger partial charge is 0.392 e. The maximum Gasteiger partial charge on any atom is 0.0612 e. The molecule has 0 atom stereocenters. The van der Waals surface area contributed by atoms with Crippen LogP contribution in [0.25, 0.3) is 0 Å². The molecule has 1 saturated carbocycles. The van der Waals surface area contributed by atoms with Crippen LogP contribution in [0.4, 0.5) is 0 Å². The minimum Gasteiger partial charge on any atom is -0.392 e. The van der Waals surface area contributed by atoms with E-state index < -0.39 is 0 Å². The monoisotopic (exact) mass is 210 g/mol. The molecule has 0 saturated heterocycles. The molecule has 0 aromatic rings. The molecule has 1 fully saturated rings. The van der Waals surface area contributed by atoms with Gasteiger partial charge in [0.05, 0.1) is 6.61 Å². The Bertz CT molecular complexity index is 178. The predicted molar refractivity (Wildman–Crippen MR) is 65.9 cm³/mol. The van der Waals surface area contributed by atoms with Gasteiger partial charge in [0.1, 0.15) is 0 Å². The first-order valence-electron chi connectivity index (χ1n) is 6.61. The molecule has 1 aliphatic rings. The van der Waals surface area contributed by atoms with Crippen LogP contribution in [0.15, 0.2) is 12.2 Å². The molecule has 1 nitrogen and oxygen atoms in total. The molecule has 0 aromatic heterocycles. The molecule has 1 heteroatoms. The topological polar surface area (TPSA) is 20.2 Å². The van der Waals surface area contributed by atoms with E-state index in [1.165, 1.54) is 57.8 Å². The van der Waals surface area contributed by atoms with Gasteiger partial charge in [0.15, 0.2) is 0 Å². The molecular weight excluding hydrogens is 184 g/mol. The van der Waals surface area contributed by atoms with E-state index in [0.29, 0.717) is 5.41 Å². The fourth-order valence-corrected chi connectivity index (χ4v) is 2.79. The minimum atomic E-state index is 0.204. The summed E-state index contributed by atoms with van der Waals surface area (Å²) in [6.45, 7) is 2.46. The molecular formula is C14H26O. The number of aliphatic hydroxyl groups is 1. The van der Waals surface area contributed by atoms with Gasteiger partial charge in [-0.25, -0.2) is 0 Å². The number of hydrogen-bond donors (Lipinski definition) is 1. The normalized spacial score (nSPS) is 20.9. The molecule has 1 rings (SSSR count). The highest BCUT2D eigenvalue weighted by molar-refractivity contribution is 5.01. The van der Waals surface area contributed by atoms with Gasteiger partial charge in [0, 0.05) is 0 Å². The van der Waals surface area contributed by atoms with Crippen molar-refractivity contribution in [1.82, 2.24) is 0 Å². The predicted octanol–water partition coefficient (Wildman–Crippen LogP) is 4.07. The van der Waals surface area contributed by atoms with Crippen molar-refractivity contribution in [2.45, 2.75) is 64.7 Å². The van der Waals surface area contributed by atoms with Crippen molar-refractivity contribution < 1.29 is 5.11 Å². The lowest BCUT2D eigenvalue weighted by Gasteiger charge is -2.35. The summed E-state index contributed by atoms with van der Waals surface area (Å²) in [5.41, 5.74) is 0.441. The summed E-state index contributed by atoms with van der Waals surface area (Å²) in [4.78, 5) is 0. The third-order valence-corrected chi connectivity index (χ3v) is 3.70. The number of allylic oxidation sites excluding steroid dienone is 1. The van der Waals surface area contributed by atoms with Crippen LogP contribution in [0.5, 0.6) is 0 Å². The first kappa shape index (κ1) is 12.8. The molecule has 0 aliphatic heterocycles. The van der Waals surface area contributed by atoms with Gasteiger partial charge in [-0.15, -0.1) is 0 Å². The molecule has 0 unspecified atom stereocenters. The van der Waals surface area contributed by atoms with Crippen LogP contribution in [0.2, 0.25) is 0 Å². The van der Waals surface area contributed by atoms with Gasteiger partial charge in [-0.3, -0.25) is 0 Å². The molecule has 0 spiro atoms. The SMILES string of the molecule is CCCCCC1(/C=C/CO)CCCCC1. The van der Waals surface area contributed by atoms with Gasteiger partial charge < -0.3 is 5.11 Å².